The predicted molar refractivity (Wildman–Crippen MR) is 153 cm³/mol. The number of hydrogen-bond donors (Lipinski definition) is 1. The van der Waals surface area contributed by atoms with E-state index in [1.165, 1.54) is 6.07 Å². The van der Waals surface area contributed by atoms with Crippen LogP contribution in [0.3, 0.4) is 0 Å². The van der Waals surface area contributed by atoms with Gasteiger partial charge in [0.2, 0.25) is 0 Å². The lowest BCUT2D eigenvalue weighted by Crippen LogP contribution is -2.55. The van der Waals surface area contributed by atoms with Gasteiger partial charge < -0.3 is 23.9 Å². The van der Waals surface area contributed by atoms with Crippen LogP contribution in [0.1, 0.15) is 64.6 Å². The molecule has 0 amide bonds. The third-order valence-corrected chi connectivity index (χ3v) is 9.57. The van der Waals surface area contributed by atoms with Gasteiger partial charge in [0, 0.05) is 28.8 Å². The van der Waals surface area contributed by atoms with Gasteiger partial charge in [0.15, 0.2) is 17.6 Å². The first-order valence-corrected chi connectivity index (χ1v) is 14.8. The maximum Gasteiger partial charge on any atom is 0.335 e. The Morgan fingerprint density at radius 1 is 1.10 bits per heavy atom. The smallest absolute Gasteiger partial charge is 0.335 e. The van der Waals surface area contributed by atoms with E-state index in [0.29, 0.717) is 28.6 Å². The highest BCUT2D eigenvalue weighted by Gasteiger charge is 2.47. The molecule has 10 heteroatoms. The standard InChI is InChI=1S/C32H29ClFN3O5/c33-19-5-6-21(22(34)14-19)28-16-41-27-3-1-2-20(31(27)42-28)17-8-10-36-15-29-35-23-7-4-18(32(38)39)13-24(23)37(29)30(25(36)12-17)26-9-11-40-26/h1-7,13-14,17,25-26,28,30H,8-12,15-16H2,(H,38,39)/t17?,25-,26+,28+,30?/m1/s1. The first kappa shape index (κ1) is 26.0. The summed E-state index contributed by atoms with van der Waals surface area (Å²) in [5.74, 6) is 1.12. The van der Waals surface area contributed by atoms with E-state index in [0.717, 1.165) is 54.8 Å². The number of nitrogens with zero attached hydrogens (tertiary/aromatic N) is 3. The van der Waals surface area contributed by atoms with Crippen molar-refractivity contribution < 1.29 is 28.5 Å². The van der Waals surface area contributed by atoms with Gasteiger partial charge in [0.1, 0.15) is 18.2 Å². The fraction of sp³-hybridized carbons (Fsp3) is 0.375. The Morgan fingerprint density at radius 2 is 1.98 bits per heavy atom. The van der Waals surface area contributed by atoms with E-state index in [2.05, 4.69) is 15.5 Å². The molecule has 2 fully saturated rings. The van der Waals surface area contributed by atoms with Crippen molar-refractivity contribution in [2.45, 2.75) is 56.0 Å². The van der Waals surface area contributed by atoms with E-state index in [1.54, 1.807) is 30.3 Å². The molecule has 216 valence electrons. The van der Waals surface area contributed by atoms with Gasteiger partial charge in [-0.25, -0.2) is 14.2 Å². The molecule has 42 heavy (non-hydrogen) atoms. The molecule has 2 saturated heterocycles. The molecule has 5 heterocycles. The second-order valence-electron chi connectivity index (χ2n) is 11.6. The second kappa shape index (κ2) is 9.97. The lowest BCUT2D eigenvalue weighted by molar-refractivity contribution is -0.112. The number of benzene rings is 3. The maximum atomic E-state index is 14.8. The summed E-state index contributed by atoms with van der Waals surface area (Å²) in [6.45, 7) is 2.51. The lowest BCUT2D eigenvalue weighted by atomic mass is 9.79. The van der Waals surface area contributed by atoms with Crippen LogP contribution in [0.4, 0.5) is 4.39 Å². The van der Waals surface area contributed by atoms with E-state index >= 15 is 0 Å². The van der Waals surface area contributed by atoms with Crippen molar-refractivity contribution >= 4 is 28.6 Å². The van der Waals surface area contributed by atoms with Crippen molar-refractivity contribution in [1.82, 2.24) is 14.5 Å². The Kier molecular flexibility index (Phi) is 6.17. The molecule has 0 spiro atoms. The van der Waals surface area contributed by atoms with Crippen LogP contribution in [0.15, 0.2) is 54.6 Å². The number of piperidine rings is 1. The van der Waals surface area contributed by atoms with Crippen molar-refractivity contribution in [2.75, 3.05) is 19.8 Å². The molecule has 4 aliphatic heterocycles. The summed E-state index contributed by atoms with van der Waals surface area (Å²) in [7, 11) is 0. The molecule has 1 N–H and O–H groups in total. The van der Waals surface area contributed by atoms with Crippen LogP contribution in [0.25, 0.3) is 11.0 Å². The van der Waals surface area contributed by atoms with E-state index in [4.69, 9.17) is 30.8 Å². The molecule has 0 bridgehead atoms. The number of aromatic carboxylic acids is 1. The average molecular weight is 590 g/mol. The van der Waals surface area contributed by atoms with Crippen molar-refractivity contribution in [3.8, 4) is 11.5 Å². The molecule has 2 unspecified atom stereocenters. The number of ether oxygens (including phenoxy) is 3. The van der Waals surface area contributed by atoms with E-state index < -0.39 is 17.9 Å². The number of halogens is 2. The van der Waals surface area contributed by atoms with Crippen molar-refractivity contribution in [1.29, 1.82) is 0 Å². The zero-order valence-electron chi connectivity index (χ0n) is 22.7. The summed E-state index contributed by atoms with van der Waals surface area (Å²) in [5.41, 5.74) is 3.38. The van der Waals surface area contributed by atoms with Crippen LogP contribution in [0, 0.1) is 5.82 Å². The normalized spacial score (nSPS) is 26.8. The molecule has 8 nitrogen and oxygen atoms in total. The number of fused-ring (bicyclic) bond motifs is 5. The Morgan fingerprint density at radius 3 is 2.76 bits per heavy atom. The average Bonchev–Trinajstić information content (AvgIpc) is 3.32. The molecule has 4 aliphatic rings. The molecular weight excluding hydrogens is 561 g/mol. The van der Waals surface area contributed by atoms with Crippen LogP contribution < -0.4 is 9.47 Å². The Bertz CT molecular complexity index is 1720. The second-order valence-corrected chi connectivity index (χ2v) is 12.0. The lowest BCUT2D eigenvalue weighted by Gasteiger charge is -2.51. The zero-order valence-corrected chi connectivity index (χ0v) is 23.5. The third-order valence-electron chi connectivity index (χ3n) is 9.33. The van der Waals surface area contributed by atoms with E-state index in [-0.39, 0.29) is 36.3 Å². The number of para-hydroxylation sites is 1. The van der Waals surface area contributed by atoms with Gasteiger partial charge in [-0.05, 0) is 68.1 Å². The summed E-state index contributed by atoms with van der Waals surface area (Å²) in [6, 6.07) is 16.0. The molecule has 5 atom stereocenters. The summed E-state index contributed by atoms with van der Waals surface area (Å²) in [4.78, 5) is 19.2. The molecule has 3 aromatic carbocycles. The highest BCUT2D eigenvalue weighted by molar-refractivity contribution is 6.30. The molecule has 8 rings (SSSR count). The molecule has 0 saturated carbocycles. The molecule has 0 radical (unpaired) electrons. The largest absolute Gasteiger partial charge is 0.485 e. The molecule has 0 aliphatic carbocycles. The minimum Gasteiger partial charge on any atom is -0.485 e. The van der Waals surface area contributed by atoms with Gasteiger partial charge in [0.25, 0.3) is 0 Å². The van der Waals surface area contributed by atoms with Gasteiger partial charge in [-0.15, -0.1) is 0 Å². The van der Waals surface area contributed by atoms with Crippen molar-refractivity contribution in [2.24, 2.45) is 0 Å². The Balaban J connectivity index is 1.14. The van der Waals surface area contributed by atoms with Gasteiger partial charge >= 0.3 is 5.97 Å². The van der Waals surface area contributed by atoms with Gasteiger partial charge in [-0.3, -0.25) is 4.90 Å². The fourth-order valence-electron chi connectivity index (χ4n) is 7.24. The molecular formula is C32H29ClFN3O5. The first-order chi connectivity index (χ1) is 20.4. The highest BCUT2D eigenvalue weighted by Crippen LogP contribution is 2.49. The monoisotopic (exact) mass is 589 g/mol. The van der Waals surface area contributed by atoms with Crippen molar-refractivity contribution in [3.63, 3.8) is 0 Å². The van der Waals surface area contributed by atoms with Gasteiger partial charge in [0.05, 0.1) is 35.3 Å². The number of carbonyl (C=O) groups is 1. The van der Waals surface area contributed by atoms with E-state index in [9.17, 15) is 14.3 Å². The number of imidazole rings is 1. The number of carboxylic acids is 1. The Hall–Kier alpha value is -3.66. The maximum absolute atomic E-state index is 14.8. The van der Waals surface area contributed by atoms with Crippen LogP contribution in [-0.2, 0) is 11.3 Å². The minimum absolute atomic E-state index is 0.00645. The number of hydrogen-bond acceptors (Lipinski definition) is 6. The zero-order chi connectivity index (χ0) is 28.5. The topological polar surface area (TPSA) is 86.0 Å². The van der Waals surface area contributed by atoms with E-state index in [1.807, 2.05) is 12.1 Å². The van der Waals surface area contributed by atoms with Gasteiger partial charge in [-0.1, -0.05) is 29.8 Å². The molecule has 1 aromatic heterocycles. The van der Waals surface area contributed by atoms with Crippen LogP contribution in [-0.4, -0.2) is 57.4 Å². The number of carboxylic acid groups (broad SMARTS) is 1. The minimum atomic E-state index is -0.952. The predicted octanol–water partition coefficient (Wildman–Crippen LogP) is 6.13. The first-order valence-electron chi connectivity index (χ1n) is 14.4. The Labute approximate surface area is 246 Å². The van der Waals surface area contributed by atoms with Crippen molar-refractivity contribution in [3.05, 3.63) is 88.0 Å². The number of aromatic nitrogens is 2. The summed E-state index contributed by atoms with van der Waals surface area (Å²) in [6.07, 6.45) is 2.19. The fourth-order valence-corrected chi connectivity index (χ4v) is 7.40. The highest BCUT2D eigenvalue weighted by atomic mass is 35.5. The quantitative estimate of drug-likeness (QED) is 0.306. The summed E-state index contributed by atoms with van der Waals surface area (Å²) in [5, 5.41) is 10.0. The number of rotatable bonds is 4. The van der Waals surface area contributed by atoms with Crippen LogP contribution in [0.2, 0.25) is 5.02 Å². The third kappa shape index (κ3) is 4.17. The summed E-state index contributed by atoms with van der Waals surface area (Å²) < 4.78 is 35.7. The summed E-state index contributed by atoms with van der Waals surface area (Å²) >= 11 is 5.99. The van der Waals surface area contributed by atoms with Gasteiger partial charge in [-0.2, -0.15) is 0 Å². The molecule has 4 aromatic rings. The van der Waals surface area contributed by atoms with Crippen LogP contribution in [0.5, 0.6) is 11.5 Å². The SMILES string of the molecule is O=C(O)c1ccc2nc3n(c2c1)C([C@@H]1CCO1)[C@H]1CC(c2cccc4c2O[C@H](c2ccc(Cl)cc2F)CO4)CCN1C3. The van der Waals surface area contributed by atoms with Crippen LogP contribution >= 0.6 is 11.6 Å².